The molecule has 2 heterocycles. The molecule has 5 nitrogen and oxygen atoms in total. The number of hydrogen-bond donors (Lipinski definition) is 1. The molecular weight excluding hydrogens is 360 g/mol. The molecule has 0 bridgehead atoms. The lowest BCUT2D eigenvalue weighted by atomic mass is 9.98. The van der Waals surface area contributed by atoms with Crippen LogP contribution in [0.25, 0.3) is 11.4 Å². The summed E-state index contributed by atoms with van der Waals surface area (Å²) in [6, 6.07) is 14.0. The number of nitrogens with one attached hydrogen (secondary N) is 1. The largest absolute Gasteiger partial charge is 0.340 e. The average Bonchev–Trinajstić information content (AvgIpc) is 3.06. The standard InChI is InChI=1S/C24H28N4O/c29-24(21-12-4-1-2-5-13-21)28(17-19-9-8-14-25-15-19)18-22-16-26-23(27-22)20-10-6-3-7-11-20/h3,6-11,14-16,21H,1-2,4-5,12-13,17-18H2,(H,26,27). The van der Waals surface area contributed by atoms with Crippen molar-refractivity contribution in [2.24, 2.45) is 5.92 Å². The third-order valence-electron chi connectivity index (χ3n) is 5.65. The summed E-state index contributed by atoms with van der Waals surface area (Å²) >= 11 is 0. The van der Waals surface area contributed by atoms with Crippen LogP contribution >= 0.6 is 0 Å². The summed E-state index contributed by atoms with van der Waals surface area (Å²) < 4.78 is 0. The second kappa shape index (κ2) is 9.50. The normalized spacial score (nSPS) is 15.0. The average molecular weight is 389 g/mol. The summed E-state index contributed by atoms with van der Waals surface area (Å²) in [4.78, 5) is 27.5. The van der Waals surface area contributed by atoms with Gasteiger partial charge in [0.05, 0.1) is 18.4 Å². The number of amides is 1. The first-order chi connectivity index (χ1) is 14.3. The van der Waals surface area contributed by atoms with Gasteiger partial charge in [0.1, 0.15) is 5.82 Å². The quantitative estimate of drug-likeness (QED) is 0.606. The molecule has 1 N–H and O–H groups in total. The van der Waals surface area contributed by atoms with E-state index in [-0.39, 0.29) is 11.8 Å². The van der Waals surface area contributed by atoms with Gasteiger partial charge in [-0.2, -0.15) is 0 Å². The van der Waals surface area contributed by atoms with Crippen LogP contribution in [0.1, 0.15) is 49.8 Å². The Bertz CT molecular complexity index is 899. The molecule has 3 aromatic rings. The number of carbonyl (C=O) groups is 1. The van der Waals surface area contributed by atoms with Crippen molar-refractivity contribution in [2.75, 3.05) is 0 Å². The van der Waals surface area contributed by atoms with E-state index in [1.54, 1.807) is 6.20 Å². The van der Waals surface area contributed by atoms with E-state index in [9.17, 15) is 4.79 Å². The summed E-state index contributed by atoms with van der Waals surface area (Å²) in [5.74, 6) is 1.22. The highest BCUT2D eigenvalue weighted by Gasteiger charge is 2.26. The number of imidazole rings is 1. The maximum Gasteiger partial charge on any atom is 0.226 e. The number of carbonyl (C=O) groups excluding carboxylic acids is 1. The monoisotopic (exact) mass is 388 g/mol. The Labute approximate surface area is 172 Å². The molecular formula is C24H28N4O. The van der Waals surface area contributed by atoms with Gasteiger partial charge in [-0.05, 0) is 24.5 Å². The van der Waals surface area contributed by atoms with Gasteiger partial charge in [-0.3, -0.25) is 9.78 Å². The van der Waals surface area contributed by atoms with Crippen LogP contribution < -0.4 is 0 Å². The van der Waals surface area contributed by atoms with Crippen LogP contribution in [0.4, 0.5) is 0 Å². The molecule has 150 valence electrons. The van der Waals surface area contributed by atoms with Gasteiger partial charge in [-0.25, -0.2) is 4.98 Å². The Morgan fingerprint density at radius 1 is 0.966 bits per heavy atom. The zero-order chi connectivity index (χ0) is 19.9. The zero-order valence-corrected chi connectivity index (χ0v) is 16.8. The first-order valence-electron chi connectivity index (χ1n) is 10.6. The predicted octanol–water partition coefficient (Wildman–Crippen LogP) is 4.97. The van der Waals surface area contributed by atoms with E-state index in [0.29, 0.717) is 13.1 Å². The molecule has 2 aromatic heterocycles. The topological polar surface area (TPSA) is 61.9 Å². The van der Waals surface area contributed by atoms with E-state index in [4.69, 9.17) is 0 Å². The van der Waals surface area contributed by atoms with E-state index in [1.807, 2.05) is 59.8 Å². The van der Waals surface area contributed by atoms with Crippen molar-refractivity contribution in [2.45, 2.75) is 51.6 Å². The number of aromatic amines is 1. The van der Waals surface area contributed by atoms with Gasteiger partial charge in [0.2, 0.25) is 5.91 Å². The van der Waals surface area contributed by atoms with Crippen LogP contribution in [0, 0.1) is 5.92 Å². The number of nitrogens with zero attached hydrogens (tertiary/aromatic N) is 3. The van der Waals surface area contributed by atoms with Crippen molar-refractivity contribution in [1.29, 1.82) is 0 Å². The molecule has 1 aliphatic carbocycles. The first kappa shape index (κ1) is 19.4. The van der Waals surface area contributed by atoms with Gasteiger partial charge in [0, 0.05) is 30.4 Å². The van der Waals surface area contributed by atoms with Crippen molar-refractivity contribution in [3.63, 3.8) is 0 Å². The molecule has 0 unspecified atom stereocenters. The summed E-state index contributed by atoms with van der Waals surface area (Å²) in [5, 5.41) is 0. The molecule has 1 saturated carbocycles. The number of H-pyrrole nitrogens is 1. The first-order valence-corrected chi connectivity index (χ1v) is 10.6. The molecule has 5 heteroatoms. The molecule has 1 amide bonds. The maximum absolute atomic E-state index is 13.4. The fraction of sp³-hybridized carbons (Fsp3) is 0.375. The second-order valence-corrected chi connectivity index (χ2v) is 7.87. The number of rotatable bonds is 6. The lowest BCUT2D eigenvalue weighted by molar-refractivity contribution is -0.137. The molecule has 0 spiro atoms. The predicted molar refractivity (Wildman–Crippen MR) is 114 cm³/mol. The zero-order valence-electron chi connectivity index (χ0n) is 16.8. The second-order valence-electron chi connectivity index (χ2n) is 7.87. The molecule has 29 heavy (non-hydrogen) atoms. The fourth-order valence-electron chi connectivity index (χ4n) is 4.10. The van der Waals surface area contributed by atoms with E-state index in [1.165, 1.54) is 12.8 Å². The molecule has 0 saturated heterocycles. The highest BCUT2D eigenvalue weighted by Crippen LogP contribution is 2.26. The molecule has 0 atom stereocenters. The molecule has 1 aliphatic rings. The van der Waals surface area contributed by atoms with Crippen LogP contribution in [0.5, 0.6) is 0 Å². The lowest BCUT2D eigenvalue weighted by Crippen LogP contribution is -2.35. The van der Waals surface area contributed by atoms with Gasteiger partial charge in [0.25, 0.3) is 0 Å². The fourth-order valence-corrected chi connectivity index (χ4v) is 4.10. The van der Waals surface area contributed by atoms with Crippen molar-refractivity contribution < 1.29 is 4.79 Å². The highest BCUT2D eigenvalue weighted by molar-refractivity contribution is 5.78. The van der Waals surface area contributed by atoms with Gasteiger partial charge < -0.3 is 9.88 Å². The van der Waals surface area contributed by atoms with Crippen LogP contribution in [0.3, 0.4) is 0 Å². The minimum atomic E-state index is 0.130. The molecule has 4 rings (SSSR count). The summed E-state index contributed by atoms with van der Waals surface area (Å²) in [6.07, 6.45) is 12.2. The van der Waals surface area contributed by atoms with Crippen molar-refractivity contribution in [3.05, 3.63) is 72.3 Å². The van der Waals surface area contributed by atoms with Crippen LogP contribution in [0.15, 0.2) is 61.1 Å². The lowest BCUT2D eigenvalue weighted by Gasteiger charge is -2.26. The van der Waals surface area contributed by atoms with Crippen LogP contribution in [0.2, 0.25) is 0 Å². The minimum absolute atomic E-state index is 0.130. The van der Waals surface area contributed by atoms with Gasteiger partial charge in [-0.15, -0.1) is 0 Å². The molecule has 1 fully saturated rings. The summed E-state index contributed by atoms with van der Waals surface area (Å²) in [5.41, 5.74) is 3.06. The molecule has 0 radical (unpaired) electrons. The van der Waals surface area contributed by atoms with Crippen LogP contribution in [-0.4, -0.2) is 25.8 Å². The number of aromatic nitrogens is 3. The van der Waals surface area contributed by atoms with Crippen LogP contribution in [-0.2, 0) is 17.9 Å². The molecule has 0 aliphatic heterocycles. The van der Waals surface area contributed by atoms with E-state index < -0.39 is 0 Å². The Morgan fingerprint density at radius 2 is 1.76 bits per heavy atom. The van der Waals surface area contributed by atoms with Crippen molar-refractivity contribution >= 4 is 5.91 Å². The van der Waals surface area contributed by atoms with Crippen molar-refractivity contribution in [1.82, 2.24) is 19.9 Å². The SMILES string of the molecule is O=C(C1CCCCCC1)N(Cc1cccnc1)Cc1cnc(-c2ccccc2)[nH]1. The maximum atomic E-state index is 13.4. The Morgan fingerprint density at radius 3 is 2.48 bits per heavy atom. The van der Waals surface area contributed by atoms with E-state index in [2.05, 4.69) is 15.0 Å². The third kappa shape index (κ3) is 5.11. The third-order valence-corrected chi connectivity index (χ3v) is 5.65. The number of hydrogen-bond acceptors (Lipinski definition) is 3. The number of pyridine rings is 1. The van der Waals surface area contributed by atoms with E-state index in [0.717, 1.165) is 48.3 Å². The Kier molecular flexibility index (Phi) is 6.35. The smallest absolute Gasteiger partial charge is 0.226 e. The minimum Gasteiger partial charge on any atom is -0.340 e. The Hall–Kier alpha value is -2.95. The van der Waals surface area contributed by atoms with Gasteiger partial charge in [-0.1, -0.05) is 62.1 Å². The Balaban J connectivity index is 1.53. The van der Waals surface area contributed by atoms with Gasteiger partial charge >= 0.3 is 0 Å². The number of benzene rings is 1. The molecule has 1 aromatic carbocycles. The van der Waals surface area contributed by atoms with Crippen molar-refractivity contribution in [3.8, 4) is 11.4 Å². The highest BCUT2D eigenvalue weighted by atomic mass is 16.2. The summed E-state index contributed by atoms with van der Waals surface area (Å²) in [7, 11) is 0. The summed E-state index contributed by atoms with van der Waals surface area (Å²) in [6.45, 7) is 1.10. The van der Waals surface area contributed by atoms with E-state index >= 15 is 0 Å². The van der Waals surface area contributed by atoms with Gasteiger partial charge in [0.15, 0.2) is 0 Å².